The van der Waals surface area contributed by atoms with E-state index < -0.39 is 10.0 Å². The van der Waals surface area contributed by atoms with Crippen LogP contribution in [-0.4, -0.2) is 38.3 Å². The molecule has 2 rings (SSSR count). The van der Waals surface area contributed by atoms with Gasteiger partial charge in [0.25, 0.3) is 0 Å². The van der Waals surface area contributed by atoms with Crippen LogP contribution in [0.3, 0.4) is 0 Å². The molecule has 146 valence electrons. The number of amides is 1. The van der Waals surface area contributed by atoms with Gasteiger partial charge in [0, 0.05) is 24.5 Å². The van der Waals surface area contributed by atoms with Gasteiger partial charge in [-0.1, -0.05) is 32.0 Å². The SMILES string of the molecule is CCN(CC)S(=O)(=O)c1ccc(NCC(=O)Nc2c(C)cccc2C)cc1. The fourth-order valence-electron chi connectivity index (χ4n) is 2.83. The van der Waals surface area contributed by atoms with Crippen molar-refractivity contribution in [3.8, 4) is 0 Å². The number of benzene rings is 2. The largest absolute Gasteiger partial charge is 0.376 e. The van der Waals surface area contributed by atoms with Crippen LogP contribution in [0.4, 0.5) is 11.4 Å². The summed E-state index contributed by atoms with van der Waals surface area (Å²) in [6, 6.07) is 12.3. The van der Waals surface area contributed by atoms with E-state index in [1.54, 1.807) is 24.3 Å². The van der Waals surface area contributed by atoms with Crippen LogP contribution in [0.1, 0.15) is 25.0 Å². The molecule has 2 N–H and O–H groups in total. The molecule has 2 aromatic rings. The molecule has 0 radical (unpaired) electrons. The summed E-state index contributed by atoms with van der Waals surface area (Å²) in [4.78, 5) is 12.5. The van der Waals surface area contributed by atoms with Crippen molar-refractivity contribution in [2.45, 2.75) is 32.6 Å². The van der Waals surface area contributed by atoms with E-state index >= 15 is 0 Å². The Morgan fingerprint density at radius 3 is 2.04 bits per heavy atom. The second kappa shape index (κ2) is 9.01. The minimum absolute atomic E-state index is 0.0932. The molecule has 0 unspecified atom stereocenters. The highest BCUT2D eigenvalue weighted by Gasteiger charge is 2.21. The van der Waals surface area contributed by atoms with E-state index in [0.717, 1.165) is 16.8 Å². The number of aryl methyl sites for hydroxylation is 2. The first-order valence-electron chi connectivity index (χ1n) is 8.99. The van der Waals surface area contributed by atoms with Crippen LogP contribution in [-0.2, 0) is 14.8 Å². The third kappa shape index (κ3) is 5.08. The smallest absolute Gasteiger partial charge is 0.243 e. The van der Waals surface area contributed by atoms with Gasteiger partial charge in [-0.2, -0.15) is 4.31 Å². The Morgan fingerprint density at radius 2 is 1.52 bits per heavy atom. The molecule has 2 aromatic carbocycles. The van der Waals surface area contributed by atoms with Gasteiger partial charge in [0.05, 0.1) is 11.4 Å². The van der Waals surface area contributed by atoms with Crippen LogP contribution in [0.2, 0.25) is 0 Å². The number of carbonyl (C=O) groups is 1. The molecule has 7 heteroatoms. The molecule has 0 aliphatic carbocycles. The van der Waals surface area contributed by atoms with Crippen molar-refractivity contribution in [1.29, 1.82) is 0 Å². The summed E-state index contributed by atoms with van der Waals surface area (Å²) >= 11 is 0. The average Bonchev–Trinajstić information content (AvgIpc) is 2.64. The number of sulfonamides is 1. The number of rotatable bonds is 8. The van der Waals surface area contributed by atoms with Crippen LogP contribution in [0.15, 0.2) is 47.4 Å². The van der Waals surface area contributed by atoms with Gasteiger partial charge >= 0.3 is 0 Å². The van der Waals surface area contributed by atoms with Crippen LogP contribution >= 0.6 is 0 Å². The zero-order chi connectivity index (χ0) is 20.0. The second-order valence-corrected chi connectivity index (χ2v) is 8.22. The lowest BCUT2D eigenvalue weighted by molar-refractivity contribution is -0.114. The molecule has 0 aliphatic heterocycles. The van der Waals surface area contributed by atoms with Crippen molar-refractivity contribution >= 4 is 27.3 Å². The molecule has 0 saturated heterocycles. The summed E-state index contributed by atoms with van der Waals surface area (Å²) in [5, 5.41) is 5.93. The monoisotopic (exact) mass is 389 g/mol. The van der Waals surface area contributed by atoms with Crippen molar-refractivity contribution in [3.05, 3.63) is 53.6 Å². The van der Waals surface area contributed by atoms with Gasteiger partial charge in [0.15, 0.2) is 0 Å². The van der Waals surface area contributed by atoms with Gasteiger partial charge < -0.3 is 10.6 Å². The van der Waals surface area contributed by atoms with Crippen molar-refractivity contribution in [2.24, 2.45) is 0 Å². The normalized spacial score (nSPS) is 11.4. The van der Waals surface area contributed by atoms with Gasteiger partial charge in [-0.15, -0.1) is 0 Å². The molecule has 0 fully saturated rings. The molecule has 0 aliphatic rings. The Labute approximate surface area is 161 Å². The fraction of sp³-hybridized carbons (Fsp3) is 0.350. The minimum atomic E-state index is -3.47. The lowest BCUT2D eigenvalue weighted by atomic mass is 10.1. The first-order valence-corrected chi connectivity index (χ1v) is 10.4. The van der Waals surface area contributed by atoms with Crippen molar-refractivity contribution in [2.75, 3.05) is 30.3 Å². The Hall–Kier alpha value is -2.38. The van der Waals surface area contributed by atoms with Gasteiger partial charge in [-0.25, -0.2) is 8.42 Å². The van der Waals surface area contributed by atoms with Crippen molar-refractivity contribution in [3.63, 3.8) is 0 Å². The number of carbonyl (C=O) groups excluding carboxylic acids is 1. The van der Waals surface area contributed by atoms with Crippen LogP contribution in [0, 0.1) is 13.8 Å². The molecule has 0 saturated carbocycles. The van der Waals surface area contributed by atoms with Gasteiger partial charge in [0.2, 0.25) is 15.9 Å². The number of anilines is 2. The minimum Gasteiger partial charge on any atom is -0.376 e. The lowest BCUT2D eigenvalue weighted by Crippen LogP contribution is -2.30. The Balaban J connectivity index is 2.00. The van der Waals surface area contributed by atoms with Crippen molar-refractivity contribution in [1.82, 2.24) is 4.31 Å². The van der Waals surface area contributed by atoms with E-state index in [1.165, 1.54) is 4.31 Å². The van der Waals surface area contributed by atoms with E-state index in [0.29, 0.717) is 18.8 Å². The summed E-state index contributed by atoms with van der Waals surface area (Å²) in [6.07, 6.45) is 0. The summed E-state index contributed by atoms with van der Waals surface area (Å²) in [7, 11) is -3.47. The van der Waals surface area contributed by atoms with Gasteiger partial charge in [-0.05, 0) is 49.2 Å². The first-order chi connectivity index (χ1) is 12.8. The Kier molecular flexibility index (Phi) is 6.98. The zero-order valence-electron chi connectivity index (χ0n) is 16.2. The molecular formula is C20H27N3O3S. The van der Waals surface area contributed by atoms with Crippen molar-refractivity contribution < 1.29 is 13.2 Å². The van der Waals surface area contributed by atoms with E-state index in [1.807, 2.05) is 45.9 Å². The molecule has 1 amide bonds. The molecular weight excluding hydrogens is 362 g/mol. The highest BCUT2D eigenvalue weighted by molar-refractivity contribution is 7.89. The topological polar surface area (TPSA) is 78.5 Å². The Bertz CT molecular complexity index is 869. The van der Waals surface area contributed by atoms with Crippen LogP contribution in [0.5, 0.6) is 0 Å². The number of hydrogen-bond donors (Lipinski definition) is 2. The predicted molar refractivity (Wildman–Crippen MR) is 110 cm³/mol. The molecule has 0 bridgehead atoms. The van der Waals surface area contributed by atoms with Crippen LogP contribution < -0.4 is 10.6 Å². The number of para-hydroxylation sites is 1. The van der Waals surface area contributed by atoms with E-state index in [-0.39, 0.29) is 17.3 Å². The quantitative estimate of drug-likeness (QED) is 0.725. The average molecular weight is 390 g/mol. The molecule has 27 heavy (non-hydrogen) atoms. The standard InChI is InChI=1S/C20H27N3O3S/c1-5-23(6-2)27(25,26)18-12-10-17(11-13-18)21-14-19(24)22-20-15(3)8-7-9-16(20)4/h7-13,21H,5-6,14H2,1-4H3,(H,22,24). The third-order valence-corrected chi connectivity index (χ3v) is 6.46. The summed E-state index contributed by atoms with van der Waals surface area (Å²) < 4.78 is 26.4. The molecule has 6 nitrogen and oxygen atoms in total. The number of hydrogen-bond acceptors (Lipinski definition) is 4. The van der Waals surface area contributed by atoms with E-state index in [4.69, 9.17) is 0 Å². The van der Waals surface area contributed by atoms with Gasteiger partial charge in [-0.3, -0.25) is 4.79 Å². The van der Waals surface area contributed by atoms with Crippen LogP contribution in [0.25, 0.3) is 0 Å². The van der Waals surface area contributed by atoms with Gasteiger partial charge in [0.1, 0.15) is 0 Å². The number of nitrogens with zero attached hydrogens (tertiary/aromatic N) is 1. The second-order valence-electron chi connectivity index (χ2n) is 6.28. The zero-order valence-corrected chi connectivity index (χ0v) is 17.1. The molecule has 0 spiro atoms. The maximum Gasteiger partial charge on any atom is 0.243 e. The summed E-state index contributed by atoms with van der Waals surface area (Å²) in [5.74, 6) is -0.160. The van der Waals surface area contributed by atoms with E-state index in [2.05, 4.69) is 10.6 Å². The molecule has 0 aromatic heterocycles. The number of nitrogens with one attached hydrogen (secondary N) is 2. The highest BCUT2D eigenvalue weighted by Crippen LogP contribution is 2.20. The molecule has 0 heterocycles. The maximum atomic E-state index is 12.5. The summed E-state index contributed by atoms with van der Waals surface area (Å²) in [5.41, 5.74) is 3.53. The third-order valence-electron chi connectivity index (χ3n) is 4.40. The first kappa shape index (κ1) is 20.9. The van der Waals surface area contributed by atoms with E-state index in [9.17, 15) is 13.2 Å². The molecule has 0 atom stereocenters. The maximum absolute atomic E-state index is 12.5. The summed E-state index contributed by atoms with van der Waals surface area (Å²) in [6.45, 7) is 8.47. The lowest BCUT2D eigenvalue weighted by Gasteiger charge is -2.18. The Morgan fingerprint density at radius 1 is 0.963 bits per heavy atom. The fourth-order valence-corrected chi connectivity index (χ4v) is 4.29. The highest BCUT2D eigenvalue weighted by atomic mass is 32.2. The predicted octanol–water partition coefficient (Wildman–Crippen LogP) is 3.38.